The second-order valence-electron chi connectivity index (χ2n) is 4.60. The zero-order valence-electron chi connectivity index (χ0n) is 9.25. The number of hydrogen-bond acceptors (Lipinski definition) is 2. The maximum absolute atomic E-state index is 12.3. The maximum Gasteiger partial charge on any atom is 0.236 e. The molecule has 16 heavy (non-hydrogen) atoms. The molecule has 0 aromatic rings. The molecule has 1 saturated carbocycles. The van der Waals surface area contributed by atoms with Crippen LogP contribution in [0.15, 0.2) is 12.7 Å². The zero-order chi connectivity index (χ0) is 11.8. The third-order valence-corrected chi connectivity index (χ3v) is 4.19. The molecule has 2 atom stereocenters. The fourth-order valence-corrected chi connectivity index (χ4v) is 3.36. The van der Waals surface area contributed by atoms with Gasteiger partial charge in [0.2, 0.25) is 5.91 Å². The van der Waals surface area contributed by atoms with Crippen LogP contribution in [0.1, 0.15) is 19.3 Å². The molecule has 0 bridgehead atoms. The summed E-state index contributed by atoms with van der Waals surface area (Å²) in [6.07, 6.45) is 3.72. The summed E-state index contributed by atoms with van der Waals surface area (Å²) in [5.74, 6) is 0.428. The first-order chi connectivity index (χ1) is 7.66. The first-order valence-corrected chi connectivity index (χ1v) is 6.19. The molecular formula is C12H16ClNO2. The third-order valence-electron chi connectivity index (χ3n) is 3.81. The Morgan fingerprint density at radius 3 is 2.81 bits per heavy atom. The van der Waals surface area contributed by atoms with Crippen molar-refractivity contribution in [1.82, 2.24) is 4.90 Å². The van der Waals surface area contributed by atoms with Gasteiger partial charge >= 0.3 is 0 Å². The molecule has 0 N–H and O–H groups in total. The van der Waals surface area contributed by atoms with E-state index < -0.39 is 5.41 Å². The first-order valence-electron chi connectivity index (χ1n) is 5.66. The zero-order valence-corrected chi connectivity index (χ0v) is 10.0. The Morgan fingerprint density at radius 2 is 2.31 bits per heavy atom. The lowest BCUT2D eigenvalue weighted by molar-refractivity contribution is -0.143. The number of hydrogen-bond donors (Lipinski definition) is 0. The molecule has 88 valence electrons. The Balaban J connectivity index is 2.32. The number of amides is 1. The quantitative estimate of drug-likeness (QED) is 0.428. The van der Waals surface area contributed by atoms with Gasteiger partial charge in [-0.05, 0) is 12.8 Å². The lowest BCUT2D eigenvalue weighted by Crippen LogP contribution is -2.40. The Hall–Kier alpha value is -0.830. The number of likely N-dealkylation sites (tertiary alicyclic amines) is 1. The van der Waals surface area contributed by atoms with Crippen molar-refractivity contribution in [3.63, 3.8) is 0 Å². The van der Waals surface area contributed by atoms with Gasteiger partial charge in [-0.25, -0.2) is 0 Å². The van der Waals surface area contributed by atoms with Gasteiger partial charge in [-0.3, -0.25) is 9.59 Å². The van der Waals surface area contributed by atoms with Crippen molar-refractivity contribution >= 4 is 23.3 Å². The Bertz CT molecular complexity index is 342. The van der Waals surface area contributed by atoms with E-state index in [1.54, 1.807) is 11.0 Å². The van der Waals surface area contributed by atoms with Crippen LogP contribution in [-0.4, -0.2) is 35.6 Å². The summed E-state index contributed by atoms with van der Waals surface area (Å²) in [5.41, 5.74) is -0.787. The highest BCUT2D eigenvalue weighted by atomic mass is 35.5. The van der Waals surface area contributed by atoms with E-state index in [-0.39, 0.29) is 17.6 Å². The summed E-state index contributed by atoms with van der Waals surface area (Å²) in [6, 6.07) is 0. The molecule has 3 nitrogen and oxygen atoms in total. The van der Waals surface area contributed by atoms with Gasteiger partial charge in [-0.1, -0.05) is 6.08 Å². The van der Waals surface area contributed by atoms with Crippen LogP contribution < -0.4 is 0 Å². The highest BCUT2D eigenvalue weighted by Gasteiger charge is 2.59. The monoisotopic (exact) mass is 241 g/mol. The number of rotatable bonds is 3. The van der Waals surface area contributed by atoms with Crippen molar-refractivity contribution < 1.29 is 9.59 Å². The standard InChI is InChI=1S/C12H16ClNO2/c1-2-6-14-8-9(7-13)12(11(14)16)5-3-4-10(12)15/h2,9H,1,3-8H2/t9-,12-/m0/s1. The summed E-state index contributed by atoms with van der Waals surface area (Å²) in [4.78, 5) is 26.0. The molecule has 1 heterocycles. The minimum atomic E-state index is -0.787. The van der Waals surface area contributed by atoms with Gasteiger partial charge in [0.1, 0.15) is 11.2 Å². The largest absolute Gasteiger partial charge is 0.338 e. The van der Waals surface area contributed by atoms with Gasteiger partial charge < -0.3 is 4.90 Å². The van der Waals surface area contributed by atoms with Gasteiger partial charge in [-0.2, -0.15) is 0 Å². The Labute approximate surface area is 100 Å². The second-order valence-corrected chi connectivity index (χ2v) is 4.91. The van der Waals surface area contributed by atoms with Crippen LogP contribution in [-0.2, 0) is 9.59 Å². The minimum Gasteiger partial charge on any atom is -0.338 e. The normalized spacial score (nSPS) is 34.1. The number of carbonyl (C=O) groups excluding carboxylic acids is 2. The van der Waals surface area contributed by atoms with Crippen molar-refractivity contribution in [2.45, 2.75) is 19.3 Å². The minimum absolute atomic E-state index is 0.0170. The number of nitrogens with zero attached hydrogens (tertiary/aromatic N) is 1. The molecule has 1 amide bonds. The van der Waals surface area contributed by atoms with E-state index in [2.05, 4.69) is 6.58 Å². The van der Waals surface area contributed by atoms with Crippen molar-refractivity contribution in [3.8, 4) is 0 Å². The average molecular weight is 242 g/mol. The number of alkyl halides is 1. The fraction of sp³-hybridized carbons (Fsp3) is 0.667. The van der Waals surface area contributed by atoms with E-state index in [1.165, 1.54) is 0 Å². The van der Waals surface area contributed by atoms with Crippen molar-refractivity contribution in [3.05, 3.63) is 12.7 Å². The molecule has 0 aromatic heterocycles. The summed E-state index contributed by atoms with van der Waals surface area (Å²) in [7, 11) is 0. The van der Waals surface area contributed by atoms with E-state index in [9.17, 15) is 9.59 Å². The molecule has 2 fully saturated rings. The van der Waals surface area contributed by atoms with Crippen molar-refractivity contribution in [2.75, 3.05) is 19.0 Å². The van der Waals surface area contributed by atoms with Crippen molar-refractivity contribution in [2.24, 2.45) is 11.3 Å². The maximum atomic E-state index is 12.3. The van der Waals surface area contributed by atoms with Gasteiger partial charge in [0.25, 0.3) is 0 Å². The molecule has 1 saturated heterocycles. The van der Waals surface area contributed by atoms with Crippen LogP contribution in [0.2, 0.25) is 0 Å². The number of halogens is 1. The van der Waals surface area contributed by atoms with E-state index in [0.717, 1.165) is 6.42 Å². The van der Waals surface area contributed by atoms with Crippen molar-refractivity contribution in [1.29, 1.82) is 0 Å². The van der Waals surface area contributed by atoms with E-state index in [0.29, 0.717) is 31.8 Å². The highest BCUT2D eigenvalue weighted by molar-refractivity contribution is 6.19. The molecule has 1 aliphatic heterocycles. The number of carbonyl (C=O) groups is 2. The smallest absolute Gasteiger partial charge is 0.236 e. The van der Waals surface area contributed by atoms with Gasteiger partial charge in [-0.15, -0.1) is 18.2 Å². The Kier molecular flexibility index (Phi) is 3.06. The Morgan fingerprint density at radius 1 is 1.56 bits per heavy atom. The third kappa shape index (κ3) is 1.41. The van der Waals surface area contributed by atoms with Gasteiger partial charge in [0.05, 0.1) is 0 Å². The first kappa shape index (κ1) is 11.6. The van der Waals surface area contributed by atoms with Crippen LogP contribution in [0.5, 0.6) is 0 Å². The summed E-state index contributed by atoms with van der Waals surface area (Å²) in [5, 5.41) is 0. The lowest BCUT2D eigenvalue weighted by Gasteiger charge is -2.24. The van der Waals surface area contributed by atoms with Crippen LogP contribution in [0.3, 0.4) is 0 Å². The molecule has 4 heteroatoms. The lowest BCUT2D eigenvalue weighted by atomic mass is 9.76. The molecule has 1 spiro atoms. The van der Waals surface area contributed by atoms with Gasteiger partial charge in [0.15, 0.2) is 0 Å². The number of Topliss-reactive ketones (excluding diaryl/α,β-unsaturated/α-hetero) is 1. The SMILES string of the molecule is C=CCN1C[C@H](CCl)[C@]2(CCCC2=O)C1=O. The fourth-order valence-electron chi connectivity index (χ4n) is 3.00. The topological polar surface area (TPSA) is 37.4 Å². The average Bonchev–Trinajstić information content (AvgIpc) is 2.77. The van der Waals surface area contributed by atoms with Crippen LogP contribution >= 0.6 is 11.6 Å². The summed E-state index contributed by atoms with van der Waals surface area (Å²) < 4.78 is 0. The molecular weight excluding hydrogens is 226 g/mol. The molecule has 1 aliphatic carbocycles. The molecule has 2 aliphatic rings. The number of ketones is 1. The van der Waals surface area contributed by atoms with E-state index >= 15 is 0 Å². The molecule has 2 rings (SSSR count). The molecule has 0 radical (unpaired) electrons. The van der Waals surface area contributed by atoms with Gasteiger partial charge in [0, 0.05) is 31.3 Å². The van der Waals surface area contributed by atoms with Crippen LogP contribution in [0, 0.1) is 11.3 Å². The predicted octanol–water partition coefficient (Wildman–Crippen LogP) is 1.61. The molecule has 0 aromatic carbocycles. The van der Waals surface area contributed by atoms with Crippen LogP contribution in [0.25, 0.3) is 0 Å². The second kappa shape index (κ2) is 4.21. The van der Waals surface area contributed by atoms with Crippen LogP contribution in [0.4, 0.5) is 0 Å². The van der Waals surface area contributed by atoms with E-state index in [1.807, 2.05) is 0 Å². The van der Waals surface area contributed by atoms with E-state index in [4.69, 9.17) is 11.6 Å². The highest BCUT2D eigenvalue weighted by Crippen LogP contribution is 2.47. The molecule has 0 unspecified atom stereocenters. The summed E-state index contributed by atoms with van der Waals surface area (Å²) in [6.45, 7) is 4.74. The predicted molar refractivity (Wildman–Crippen MR) is 62.3 cm³/mol. The summed E-state index contributed by atoms with van der Waals surface area (Å²) >= 11 is 5.92.